The lowest BCUT2D eigenvalue weighted by Gasteiger charge is -2.14. The molecule has 9 nitrogen and oxygen atoms in total. The van der Waals surface area contributed by atoms with Crippen molar-refractivity contribution in [3.8, 4) is 5.75 Å². The van der Waals surface area contributed by atoms with Crippen molar-refractivity contribution in [2.45, 2.75) is 19.9 Å². The summed E-state index contributed by atoms with van der Waals surface area (Å²) in [5, 5.41) is 17.4. The van der Waals surface area contributed by atoms with Crippen LogP contribution in [0.3, 0.4) is 0 Å². The van der Waals surface area contributed by atoms with Crippen LogP contribution in [0.4, 0.5) is 23.0 Å². The van der Waals surface area contributed by atoms with Gasteiger partial charge in [-0.3, -0.25) is 10.1 Å². The minimum absolute atomic E-state index is 0.108. The van der Waals surface area contributed by atoms with Crippen molar-refractivity contribution in [1.29, 1.82) is 0 Å². The van der Waals surface area contributed by atoms with Crippen LogP contribution in [0.15, 0.2) is 30.6 Å². The lowest BCUT2D eigenvalue weighted by Crippen LogP contribution is -2.22. The summed E-state index contributed by atoms with van der Waals surface area (Å²) in [6.45, 7) is 4.70. The molecular weight excluding hydrogens is 326 g/mol. The Morgan fingerprint density at radius 2 is 1.92 bits per heavy atom. The van der Waals surface area contributed by atoms with E-state index in [1.54, 1.807) is 31.4 Å². The van der Waals surface area contributed by atoms with Crippen molar-refractivity contribution < 1.29 is 14.4 Å². The molecule has 2 rings (SSSR count). The molecule has 0 fully saturated rings. The number of nitro groups is 1. The summed E-state index contributed by atoms with van der Waals surface area (Å²) in [5.74, 6) is 0.968. The van der Waals surface area contributed by atoms with Gasteiger partial charge in [0.15, 0.2) is 0 Å². The SMILES string of the molecule is CCOc1ccc(Nc2ncnc(NC(C)COC)c2[N+](=O)[O-])cc1. The molecule has 0 bridgehead atoms. The molecule has 0 saturated heterocycles. The van der Waals surface area contributed by atoms with E-state index in [2.05, 4.69) is 20.6 Å². The predicted molar refractivity (Wildman–Crippen MR) is 94.5 cm³/mol. The third kappa shape index (κ3) is 5.01. The van der Waals surface area contributed by atoms with E-state index in [0.717, 1.165) is 5.75 Å². The van der Waals surface area contributed by atoms with Gasteiger partial charge >= 0.3 is 5.69 Å². The highest BCUT2D eigenvalue weighted by Crippen LogP contribution is 2.31. The zero-order valence-electron chi connectivity index (χ0n) is 14.4. The lowest BCUT2D eigenvalue weighted by atomic mass is 10.3. The van der Waals surface area contributed by atoms with Gasteiger partial charge in [-0.25, -0.2) is 9.97 Å². The van der Waals surface area contributed by atoms with E-state index in [-0.39, 0.29) is 23.4 Å². The van der Waals surface area contributed by atoms with Gasteiger partial charge in [-0.15, -0.1) is 0 Å². The number of rotatable bonds is 9. The van der Waals surface area contributed by atoms with Crippen molar-refractivity contribution in [2.24, 2.45) is 0 Å². The van der Waals surface area contributed by atoms with Gasteiger partial charge in [0.2, 0.25) is 11.6 Å². The third-order valence-electron chi connectivity index (χ3n) is 3.23. The first kappa shape index (κ1) is 18.4. The molecule has 0 amide bonds. The molecule has 134 valence electrons. The van der Waals surface area contributed by atoms with Crippen LogP contribution in [0.5, 0.6) is 5.75 Å². The highest BCUT2D eigenvalue weighted by atomic mass is 16.6. The fourth-order valence-corrected chi connectivity index (χ4v) is 2.21. The fourth-order valence-electron chi connectivity index (χ4n) is 2.21. The van der Waals surface area contributed by atoms with E-state index >= 15 is 0 Å². The Kier molecular flexibility index (Phi) is 6.47. The summed E-state index contributed by atoms with van der Waals surface area (Å²) in [7, 11) is 1.56. The molecule has 0 aliphatic rings. The quantitative estimate of drug-likeness (QED) is 0.526. The lowest BCUT2D eigenvalue weighted by molar-refractivity contribution is -0.383. The second kappa shape index (κ2) is 8.78. The van der Waals surface area contributed by atoms with Crippen molar-refractivity contribution in [1.82, 2.24) is 9.97 Å². The minimum atomic E-state index is -0.515. The number of nitrogens with one attached hydrogen (secondary N) is 2. The molecule has 25 heavy (non-hydrogen) atoms. The maximum absolute atomic E-state index is 11.5. The van der Waals surface area contributed by atoms with E-state index in [4.69, 9.17) is 9.47 Å². The van der Waals surface area contributed by atoms with Crippen LogP contribution >= 0.6 is 0 Å². The van der Waals surface area contributed by atoms with Crippen LogP contribution in [0.1, 0.15) is 13.8 Å². The Labute approximate surface area is 145 Å². The van der Waals surface area contributed by atoms with Gasteiger partial charge in [-0.2, -0.15) is 0 Å². The number of aromatic nitrogens is 2. The van der Waals surface area contributed by atoms with Gasteiger partial charge in [0, 0.05) is 18.8 Å². The molecule has 0 spiro atoms. The van der Waals surface area contributed by atoms with Crippen LogP contribution < -0.4 is 15.4 Å². The van der Waals surface area contributed by atoms with E-state index in [1.165, 1.54) is 6.33 Å². The van der Waals surface area contributed by atoms with E-state index in [0.29, 0.717) is 18.9 Å². The first-order valence-electron chi connectivity index (χ1n) is 7.79. The normalized spacial score (nSPS) is 11.6. The summed E-state index contributed by atoms with van der Waals surface area (Å²) < 4.78 is 10.4. The Bertz CT molecular complexity index is 708. The summed E-state index contributed by atoms with van der Waals surface area (Å²) in [4.78, 5) is 19.0. The van der Waals surface area contributed by atoms with Crippen molar-refractivity contribution >= 4 is 23.0 Å². The highest BCUT2D eigenvalue weighted by molar-refractivity contribution is 5.74. The Morgan fingerprint density at radius 3 is 2.52 bits per heavy atom. The molecule has 2 N–H and O–H groups in total. The van der Waals surface area contributed by atoms with Gasteiger partial charge < -0.3 is 20.1 Å². The van der Waals surface area contributed by atoms with Gasteiger partial charge in [-0.1, -0.05) is 0 Å². The number of ether oxygens (including phenoxy) is 2. The van der Waals surface area contributed by atoms with E-state index < -0.39 is 4.92 Å². The van der Waals surface area contributed by atoms with Crippen molar-refractivity contribution in [3.05, 3.63) is 40.7 Å². The van der Waals surface area contributed by atoms with Gasteiger partial charge in [0.05, 0.1) is 18.1 Å². The number of hydrogen-bond acceptors (Lipinski definition) is 8. The zero-order chi connectivity index (χ0) is 18.2. The standard InChI is InChI=1S/C16H21N5O4/c1-4-25-13-7-5-12(6-8-13)20-16-14(21(22)23)15(17-10-18-16)19-11(2)9-24-3/h5-8,10-11H,4,9H2,1-3H3,(H2,17,18,19,20). The smallest absolute Gasteiger partial charge is 0.353 e. The van der Waals surface area contributed by atoms with E-state index in [9.17, 15) is 10.1 Å². The molecule has 1 unspecified atom stereocenters. The minimum Gasteiger partial charge on any atom is -0.494 e. The molecule has 2 aromatic rings. The van der Waals surface area contributed by atoms with Gasteiger partial charge in [0.25, 0.3) is 0 Å². The second-order valence-corrected chi connectivity index (χ2v) is 5.26. The predicted octanol–water partition coefficient (Wildman–Crippen LogP) is 2.97. The summed E-state index contributed by atoms with van der Waals surface area (Å²) in [5.41, 5.74) is 0.431. The summed E-state index contributed by atoms with van der Waals surface area (Å²) >= 11 is 0. The Hall–Kier alpha value is -2.94. The molecule has 9 heteroatoms. The van der Waals surface area contributed by atoms with Crippen LogP contribution in [0, 0.1) is 10.1 Å². The highest BCUT2D eigenvalue weighted by Gasteiger charge is 2.24. The number of nitrogens with zero attached hydrogens (tertiary/aromatic N) is 3. The molecule has 0 aliphatic heterocycles. The van der Waals surface area contributed by atoms with Crippen LogP contribution in [0.2, 0.25) is 0 Å². The van der Waals surface area contributed by atoms with Crippen LogP contribution in [-0.2, 0) is 4.74 Å². The first-order valence-corrected chi connectivity index (χ1v) is 7.79. The van der Waals surface area contributed by atoms with Gasteiger partial charge in [0.1, 0.15) is 12.1 Å². The average molecular weight is 347 g/mol. The summed E-state index contributed by atoms with van der Waals surface area (Å²) in [6.07, 6.45) is 1.27. The molecule has 0 saturated carbocycles. The molecule has 1 atom stereocenters. The van der Waals surface area contributed by atoms with Crippen LogP contribution in [-0.4, -0.2) is 41.3 Å². The van der Waals surface area contributed by atoms with Crippen molar-refractivity contribution in [2.75, 3.05) is 31.0 Å². The Balaban J connectivity index is 2.26. The topological polar surface area (TPSA) is 111 Å². The van der Waals surface area contributed by atoms with Crippen LogP contribution in [0.25, 0.3) is 0 Å². The molecule has 1 aromatic heterocycles. The molecular formula is C16H21N5O4. The maximum atomic E-state index is 11.5. The second-order valence-electron chi connectivity index (χ2n) is 5.26. The number of methoxy groups -OCH3 is 1. The van der Waals surface area contributed by atoms with E-state index in [1.807, 2.05) is 13.8 Å². The Morgan fingerprint density at radius 1 is 1.24 bits per heavy atom. The first-order chi connectivity index (χ1) is 12.0. The third-order valence-corrected chi connectivity index (χ3v) is 3.23. The fraction of sp³-hybridized carbons (Fsp3) is 0.375. The van der Waals surface area contributed by atoms with Crippen molar-refractivity contribution in [3.63, 3.8) is 0 Å². The molecule has 1 heterocycles. The number of hydrogen-bond donors (Lipinski definition) is 2. The molecule has 0 aliphatic carbocycles. The zero-order valence-corrected chi connectivity index (χ0v) is 14.4. The summed E-state index contributed by atoms with van der Waals surface area (Å²) in [6, 6.07) is 6.93. The average Bonchev–Trinajstić information content (AvgIpc) is 2.57. The number of anilines is 3. The maximum Gasteiger partial charge on any atom is 0.353 e. The largest absolute Gasteiger partial charge is 0.494 e. The molecule has 0 radical (unpaired) electrons. The van der Waals surface area contributed by atoms with Gasteiger partial charge in [-0.05, 0) is 38.1 Å². The number of benzene rings is 1. The molecule has 1 aromatic carbocycles. The monoisotopic (exact) mass is 347 g/mol.